The smallest absolute Gasteiger partial charge is 0.259 e. The van der Waals surface area contributed by atoms with Crippen LogP contribution in [0.15, 0.2) is 53.1 Å². The Hall–Kier alpha value is -3.87. The summed E-state index contributed by atoms with van der Waals surface area (Å²) in [6.45, 7) is 7.76. The first kappa shape index (κ1) is 21.0. The number of rotatable bonds is 5. The van der Waals surface area contributed by atoms with Crippen LogP contribution >= 0.6 is 0 Å². The number of nitrogens with zero attached hydrogens (tertiary/aromatic N) is 3. The molecule has 0 unspecified atom stereocenters. The molecule has 1 aliphatic rings. The molecule has 168 valence electrons. The van der Waals surface area contributed by atoms with E-state index in [1.807, 2.05) is 69.3 Å². The quantitative estimate of drug-likeness (QED) is 0.435. The van der Waals surface area contributed by atoms with Crippen LogP contribution in [0.5, 0.6) is 11.5 Å². The molecule has 2 aromatic carbocycles. The van der Waals surface area contributed by atoms with Gasteiger partial charge in [-0.25, -0.2) is 4.98 Å². The normalized spacial score (nSPS) is 12.7. The molecule has 0 saturated carbocycles. The highest BCUT2D eigenvalue weighted by Gasteiger charge is 2.25. The summed E-state index contributed by atoms with van der Waals surface area (Å²) >= 11 is 0. The number of carbonyl (C=O) groups excluding carboxylic acids is 1. The zero-order valence-corrected chi connectivity index (χ0v) is 18.9. The van der Waals surface area contributed by atoms with Crippen molar-refractivity contribution >= 4 is 17.0 Å². The molecule has 0 N–H and O–H groups in total. The van der Waals surface area contributed by atoms with Crippen LogP contribution < -0.4 is 9.47 Å². The van der Waals surface area contributed by atoms with E-state index in [0.29, 0.717) is 65.9 Å². The van der Waals surface area contributed by atoms with Crippen molar-refractivity contribution in [1.29, 1.82) is 0 Å². The molecule has 0 bridgehead atoms. The second-order valence-electron chi connectivity index (χ2n) is 8.13. The zero-order chi connectivity index (χ0) is 22.9. The molecule has 7 nitrogen and oxygen atoms in total. The Morgan fingerprint density at radius 3 is 2.64 bits per heavy atom. The van der Waals surface area contributed by atoms with Gasteiger partial charge in [-0.1, -0.05) is 47.1 Å². The van der Waals surface area contributed by atoms with Crippen molar-refractivity contribution in [2.24, 2.45) is 0 Å². The van der Waals surface area contributed by atoms with E-state index in [9.17, 15) is 4.79 Å². The fraction of sp³-hybridized carbons (Fsp3) is 0.269. The first-order chi connectivity index (χ1) is 16.0. The van der Waals surface area contributed by atoms with Crippen molar-refractivity contribution in [2.45, 2.75) is 27.3 Å². The van der Waals surface area contributed by atoms with E-state index in [2.05, 4.69) is 10.1 Å². The Balaban J connectivity index is 1.55. The van der Waals surface area contributed by atoms with E-state index in [1.165, 1.54) is 0 Å². The average Bonchev–Trinajstić information content (AvgIpc) is 3.22. The van der Waals surface area contributed by atoms with Gasteiger partial charge in [-0.05, 0) is 32.9 Å². The van der Waals surface area contributed by atoms with Gasteiger partial charge in [0.25, 0.3) is 11.6 Å². The number of carbonyl (C=O) groups is 1. The molecule has 0 fully saturated rings. The Morgan fingerprint density at radius 1 is 1.06 bits per heavy atom. The topological polar surface area (TPSA) is 77.7 Å². The van der Waals surface area contributed by atoms with Crippen molar-refractivity contribution in [3.8, 4) is 22.8 Å². The zero-order valence-electron chi connectivity index (χ0n) is 18.9. The minimum Gasteiger partial charge on any atom is -0.486 e. The summed E-state index contributed by atoms with van der Waals surface area (Å²) in [4.78, 5) is 20.2. The Morgan fingerprint density at radius 2 is 1.85 bits per heavy atom. The first-order valence-electron chi connectivity index (χ1n) is 11.1. The molecule has 5 rings (SSSR count). The number of amides is 1. The fourth-order valence-corrected chi connectivity index (χ4v) is 4.10. The molecule has 1 amide bonds. The van der Waals surface area contributed by atoms with Gasteiger partial charge in [0.1, 0.15) is 13.2 Å². The minimum absolute atomic E-state index is 0.112. The van der Waals surface area contributed by atoms with Gasteiger partial charge in [-0.2, -0.15) is 0 Å². The number of pyridine rings is 1. The maximum atomic E-state index is 13.8. The lowest BCUT2D eigenvalue weighted by Gasteiger charge is -2.25. The lowest BCUT2D eigenvalue weighted by Crippen LogP contribution is -2.31. The van der Waals surface area contributed by atoms with E-state index < -0.39 is 0 Å². The molecule has 3 heterocycles. The molecule has 7 heteroatoms. The first-order valence-corrected chi connectivity index (χ1v) is 11.1. The van der Waals surface area contributed by atoms with E-state index in [0.717, 1.165) is 16.7 Å². The van der Waals surface area contributed by atoms with Gasteiger partial charge in [0.2, 0.25) is 0 Å². The van der Waals surface area contributed by atoms with Gasteiger partial charge >= 0.3 is 0 Å². The highest BCUT2D eigenvalue weighted by Crippen LogP contribution is 2.35. The predicted molar refractivity (Wildman–Crippen MR) is 125 cm³/mol. The molecule has 1 aliphatic heterocycles. The van der Waals surface area contributed by atoms with E-state index >= 15 is 0 Å². The van der Waals surface area contributed by atoms with Crippen LogP contribution in [0.1, 0.15) is 34.1 Å². The standard InChI is InChI=1S/C26H25N3O4/c1-4-29(15-19-6-5-7-22-24(19)32-13-12-31-22)26(30)20-14-21(18-10-8-16(2)9-11-18)27-25-23(20)17(3)28-33-25/h5-11,14H,4,12-13,15H2,1-3H3. The maximum Gasteiger partial charge on any atom is 0.259 e. The Labute approximate surface area is 191 Å². The highest BCUT2D eigenvalue weighted by atomic mass is 16.6. The van der Waals surface area contributed by atoms with Crippen LogP contribution in [0, 0.1) is 13.8 Å². The van der Waals surface area contributed by atoms with Crippen molar-refractivity contribution in [3.05, 3.63) is 70.9 Å². The van der Waals surface area contributed by atoms with E-state index in [1.54, 1.807) is 4.90 Å². The van der Waals surface area contributed by atoms with Crippen LogP contribution in [0.3, 0.4) is 0 Å². The van der Waals surface area contributed by atoms with E-state index in [-0.39, 0.29) is 5.91 Å². The summed E-state index contributed by atoms with van der Waals surface area (Å²) in [5, 5.41) is 4.71. The third-order valence-electron chi connectivity index (χ3n) is 5.87. The Kier molecular flexibility index (Phi) is 5.46. The average molecular weight is 444 g/mol. The summed E-state index contributed by atoms with van der Waals surface area (Å²) in [5.41, 5.74) is 5.18. The molecule has 0 atom stereocenters. The molecule has 0 aliphatic carbocycles. The number of hydrogen-bond acceptors (Lipinski definition) is 6. The molecule has 0 radical (unpaired) electrons. The number of aromatic nitrogens is 2. The summed E-state index contributed by atoms with van der Waals surface area (Å²) in [6, 6.07) is 15.6. The highest BCUT2D eigenvalue weighted by molar-refractivity contribution is 6.07. The minimum atomic E-state index is -0.112. The lowest BCUT2D eigenvalue weighted by molar-refractivity contribution is 0.0751. The van der Waals surface area contributed by atoms with Gasteiger partial charge in [-0.15, -0.1) is 0 Å². The summed E-state index contributed by atoms with van der Waals surface area (Å²) in [5.74, 6) is 1.31. The number of fused-ring (bicyclic) bond motifs is 2. The summed E-state index contributed by atoms with van der Waals surface area (Å²) < 4.78 is 17.0. The second-order valence-corrected chi connectivity index (χ2v) is 8.13. The molecule has 2 aromatic heterocycles. The summed E-state index contributed by atoms with van der Waals surface area (Å²) in [7, 11) is 0. The van der Waals surface area contributed by atoms with Crippen LogP contribution in [0.2, 0.25) is 0 Å². The van der Waals surface area contributed by atoms with Gasteiger partial charge in [0, 0.05) is 24.2 Å². The number of benzene rings is 2. The fourth-order valence-electron chi connectivity index (χ4n) is 4.10. The van der Waals surface area contributed by atoms with Gasteiger partial charge in [0.15, 0.2) is 11.5 Å². The van der Waals surface area contributed by atoms with Crippen molar-refractivity contribution in [1.82, 2.24) is 15.0 Å². The van der Waals surface area contributed by atoms with Crippen LogP contribution in [0.4, 0.5) is 0 Å². The predicted octanol–water partition coefficient (Wildman–Crippen LogP) is 4.94. The molecular weight excluding hydrogens is 418 g/mol. The molecule has 33 heavy (non-hydrogen) atoms. The second kappa shape index (κ2) is 8.58. The summed E-state index contributed by atoms with van der Waals surface area (Å²) in [6.07, 6.45) is 0. The van der Waals surface area contributed by atoms with Crippen molar-refractivity contribution in [3.63, 3.8) is 0 Å². The Bertz CT molecular complexity index is 1330. The van der Waals surface area contributed by atoms with Gasteiger partial charge in [-0.3, -0.25) is 4.79 Å². The molecule has 4 aromatic rings. The molecular formula is C26H25N3O4. The number of aryl methyl sites for hydroxylation is 2. The number of hydrogen-bond donors (Lipinski definition) is 0. The monoisotopic (exact) mass is 443 g/mol. The van der Waals surface area contributed by atoms with Crippen LogP contribution in [0.25, 0.3) is 22.4 Å². The van der Waals surface area contributed by atoms with Crippen molar-refractivity contribution in [2.75, 3.05) is 19.8 Å². The van der Waals surface area contributed by atoms with Crippen LogP contribution in [-0.4, -0.2) is 40.7 Å². The largest absolute Gasteiger partial charge is 0.486 e. The maximum absolute atomic E-state index is 13.8. The molecule has 0 saturated heterocycles. The van der Waals surface area contributed by atoms with Crippen LogP contribution in [-0.2, 0) is 6.54 Å². The third kappa shape index (κ3) is 3.91. The molecule has 0 spiro atoms. The third-order valence-corrected chi connectivity index (χ3v) is 5.87. The number of ether oxygens (including phenoxy) is 2. The van der Waals surface area contributed by atoms with Gasteiger partial charge < -0.3 is 18.9 Å². The lowest BCUT2D eigenvalue weighted by atomic mass is 10.0. The van der Waals surface area contributed by atoms with Gasteiger partial charge in [0.05, 0.1) is 22.3 Å². The van der Waals surface area contributed by atoms with E-state index in [4.69, 9.17) is 14.0 Å². The van der Waals surface area contributed by atoms with Crippen molar-refractivity contribution < 1.29 is 18.8 Å². The SMILES string of the molecule is CCN(Cc1cccc2c1OCCO2)C(=O)c1cc(-c2ccc(C)cc2)nc2onc(C)c12. The number of para-hydroxylation sites is 1.